The lowest BCUT2D eigenvalue weighted by molar-refractivity contribution is 0.256. The maximum Gasteiger partial charge on any atom is 0.368 e. The van der Waals surface area contributed by atoms with E-state index >= 15 is 0 Å². The first-order valence-electron chi connectivity index (χ1n) is 7.37. The third-order valence-corrected chi connectivity index (χ3v) is 3.92. The highest BCUT2D eigenvalue weighted by molar-refractivity contribution is 6.30. The molecule has 0 atom stereocenters. The molecule has 1 aliphatic heterocycles. The normalized spacial score (nSPS) is 12.0. The van der Waals surface area contributed by atoms with Crippen molar-refractivity contribution < 1.29 is 9.21 Å². The van der Waals surface area contributed by atoms with Gasteiger partial charge in [-0.1, -0.05) is 11.6 Å². The lowest BCUT2D eigenvalue weighted by atomic mass is 10.2. The van der Waals surface area contributed by atoms with E-state index in [0.29, 0.717) is 22.3 Å². The topological polar surface area (TPSA) is 67.0 Å². The van der Waals surface area contributed by atoms with Gasteiger partial charge >= 0.3 is 6.03 Å². The molecular formula is C18H13Cl2N3O2. The second-order valence-electron chi connectivity index (χ2n) is 5.34. The Labute approximate surface area is 154 Å². The quantitative estimate of drug-likeness (QED) is 0.751. The summed E-state index contributed by atoms with van der Waals surface area (Å²) < 4.78 is 5.84. The fourth-order valence-corrected chi connectivity index (χ4v) is 2.61. The van der Waals surface area contributed by atoms with Gasteiger partial charge in [-0.05, 0) is 54.6 Å². The Balaban J connectivity index is 0.00000182. The molecule has 0 fully saturated rings. The SMILES string of the molecule is Cl.O=C1N=c2ccc(NCc3ccc(-c4ccc(Cl)cc4)o3)cc2=N1. The monoisotopic (exact) mass is 373 g/mol. The van der Waals surface area contributed by atoms with Crippen LogP contribution >= 0.6 is 24.0 Å². The van der Waals surface area contributed by atoms with Crippen LogP contribution in [0, 0.1) is 0 Å². The first-order valence-corrected chi connectivity index (χ1v) is 7.75. The molecule has 0 radical (unpaired) electrons. The summed E-state index contributed by atoms with van der Waals surface area (Å²) in [4.78, 5) is 18.8. The smallest absolute Gasteiger partial charge is 0.368 e. The van der Waals surface area contributed by atoms with Crippen LogP contribution in [0.5, 0.6) is 0 Å². The number of halogens is 2. The van der Waals surface area contributed by atoms with Gasteiger partial charge in [0.05, 0.1) is 17.3 Å². The highest BCUT2D eigenvalue weighted by Crippen LogP contribution is 2.24. The average Bonchev–Trinajstić information content (AvgIpc) is 3.18. The summed E-state index contributed by atoms with van der Waals surface area (Å²) in [6, 6.07) is 16.3. The summed E-state index contributed by atoms with van der Waals surface area (Å²) in [6.45, 7) is 0.525. The number of hydrogen-bond donors (Lipinski definition) is 1. The molecule has 5 nitrogen and oxygen atoms in total. The number of nitrogens with zero attached hydrogens (tertiary/aromatic N) is 2. The molecule has 0 saturated carbocycles. The molecule has 1 aliphatic rings. The van der Waals surface area contributed by atoms with Crippen LogP contribution in [-0.4, -0.2) is 6.03 Å². The van der Waals surface area contributed by atoms with Crippen molar-refractivity contribution in [1.82, 2.24) is 0 Å². The zero-order valence-electron chi connectivity index (χ0n) is 12.9. The molecule has 4 rings (SSSR count). The fraction of sp³-hybridized carbons (Fsp3) is 0.0556. The summed E-state index contributed by atoms with van der Waals surface area (Å²) in [5.41, 5.74) is 1.83. The molecule has 7 heteroatoms. The van der Waals surface area contributed by atoms with Gasteiger partial charge in [-0.15, -0.1) is 12.4 Å². The molecule has 2 heterocycles. The van der Waals surface area contributed by atoms with E-state index in [0.717, 1.165) is 22.8 Å². The van der Waals surface area contributed by atoms with Crippen molar-refractivity contribution in [3.8, 4) is 11.3 Å². The van der Waals surface area contributed by atoms with Crippen molar-refractivity contribution >= 4 is 35.7 Å². The second kappa shape index (κ2) is 7.09. The maximum atomic E-state index is 11.2. The summed E-state index contributed by atoms with van der Waals surface area (Å²) >= 11 is 5.90. The van der Waals surface area contributed by atoms with Gasteiger partial charge in [-0.25, -0.2) is 4.79 Å². The largest absolute Gasteiger partial charge is 0.459 e. The van der Waals surface area contributed by atoms with E-state index in [1.165, 1.54) is 0 Å². The predicted molar refractivity (Wildman–Crippen MR) is 97.9 cm³/mol. The van der Waals surface area contributed by atoms with Crippen molar-refractivity contribution in [2.45, 2.75) is 6.54 Å². The van der Waals surface area contributed by atoms with Crippen LogP contribution in [0.2, 0.25) is 5.02 Å². The first-order chi connectivity index (χ1) is 11.7. The van der Waals surface area contributed by atoms with E-state index in [1.54, 1.807) is 12.1 Å². The standard InChI is InChI=1S/C18H12ClN3O2.ClH/c19-12-3-1-11(2-4-12)17-8-6-14(24-17)10-20-13-5-7-15-16(9-13)22-18(23)21-15;/h1-9,20H,10H2;1H. The Morgan fingerprint density at radius 1 is 0.960 bits per heavy atom. The Morgan fingerprint density at radius 3 is 2.52 bits per heavy atom. The van der Waals surface area contributed by atoms with Gasteiger partial charge in [-0.2, -0.15) is 9.98 Å². The molecule has 1 N–H and O–H groups in total. The van der Waals surface area contributed by atoms with Gasteiger partial charge in [0.1, 0.15) is 11.5 Å². The number of amides is 2. The van der Waals surface area contributed by atoms with Crippen molar-refractivity contribution in [2.75, 3.05) is 5.32 Å². The third-order valence-electron chi connectivity index (χ3n) is 3.66. The number of carbonyl (C=O) groups excluding carboxylic acids is 1. The Bertz CT molecular complexity index is 1040. The molecule has 3 aromatic rings. The van der Waals surface area contributed by atoms with Crippen molar-refractivity contribution in [1.29, 1.82) is 0 Å². The molecule has 1 aromatic heterocycles. The lowest BCUT2D eigenvalue weighted by Crippen LogP contribution is -2.21. The van der Waals surface area contributed by atoms with Gasteiger partial charge in [0.2, 0.25) is 0 Å². The minimum absolute atomic E-state index is 0. The van der Waals surface area contributed by atoms with Crippen molar-refractivity contribution in [2.24, 2.45) is 9.98 Å². The zero-order chi connectivity index (χ0) is 16.5. The molecule has 2 amide bonds. The molecule has 25 heavy (non-hydrogen) atoms. The van der Waals surface area contributed by atoms with E-state index in [2.05, 4.69) is 15.3 Å². The number of urea groups is 1. The summed E-state index contributed by atoms with van der Waals surface area (Å²) in [6.07, 6.45) is 0. The molecular weight excluding hydrogens is 361 g/mol. The van der Waals surface area contributed by atoms with Gasteiger partial charge in [0.25, 0.3) is 0 Å². The lowest BCUT2D eigenvalue weighted by Gasteiger charge is -2.03. The van der Waals surface area contributed by atoms with Crippen LogP contribution < -0.4 is 16.0 Å². The fourth-order valence-electron chi connectivity index (χ4n) is 2.48. The number of fused-ring (bicyclic) bond motifs is 1. The number of nitrogens with one attached hydrogen (secondary N) is 1. The number of rotatable bonds is 4. The number of anilines is 1. The average molecular weight is 374 g/mol. The molecule has 2 aromatic carbocycles. The third kappa shape index (κ3) is 3.73. The minimum Gasteiger partial charge on any atom is -0.459 e. The first kappa shape index (κ1) is 17.2. The number of carbonyl (C=O) groups is 1. The van der Waals surface area contributed by atoms with Crippen LogP contribution in [0.25, 0.3) is 11.3 Å². The Hall–Kier alpha value is -2.63. The van der Waals surface area contributed by atoms with Crippen LogP contribution in [0.1, 0.15) is 5.76 Å². The van der Waals surface area contributed by atoms with Gasteiger partial charge in [-0.3, -0.25) is 0 Å². The molecule has 0 saturated heterocycles. The summed E-state index contributed by atoms with van der Waals surface area (Å²) in [5.74, 6) is 1.59. The molecule has 0 bridgehead atoms. The van der Waals surface area contributed by atoms with E-state index in [-0.39, 0.29) is 12.4 Å². The van der Waals surface area contributed by atoms with E-state index < -0.39 is 6.03 Å². The number of furan rings is 1. The second-order valence-corrected chi connectivity index (χ2v) is 5.77. The van der Waals surface area contributed by atoms with Crippen LogP contribution in [0.3, 0.4) is 0 Å². The van der Waals surface area contributed by atoms with Gasteiger partial charge in [0, 0.05) is 16.3 Å². The molecule has 0 aliphatic carbocycles. The Morgan fingerprint density at radius 2 is 1.72 bits per heavy atom. The number of hydrogen-bond acceptors (Lipinski definition) is 3. The van der Waals surface area contributed by atoms with Gasteiger partial charge < -0.3 is 9.73 Å². The highest BCUT2D eigenvalue weighted by atomic mass is 35.5. The minimum atomic E-state index is -0.458. The predicted octanol–water partition coefficient (Wildman–Crippen LogP) is 4.01. The highest BCUT2D eigenvalue weighted by Gasteiger charge is 2.07. The van der Waals surface area contributed by atoms with Crippen LogP contribution in [0.15, 0.2) is 69.0 Å². The zero-order valence-corrected chi connectivity index (χ0v) is 14.5. The van der Waals surface area contributed by atoms with Gasteiger partial charge in [0.15, 0.2) is 0 Å². The molecule has 126 valence electrons. The van der Waals surface area contributed by atoms with E-state index in [4.69, 9.17) is 16.0 Å². The van der Waals surface area contributed by atoms with Crippen LogP contribution in [0.4, 0.5) is 10.5 Å². The molecule has 0 spiro atoms. The number of benzene rings is 2. The summed E-state index contributed by atoms with van der Waals surface area (Å²) in [5, 5.41) is 5.14. The Kier molecular flexibility index (Phi) is 4.88. The maximum absolute atomic E-state index is 11.2. The van der Waals surface area contributed by atoms with E-state index in [9.17, 15) is 4.79 Å². The summed E-state index contributed by atoms with van der Waals surface area (Å²) in [7, 11) is 0. The van der Waals surface area contributed by atoms with Crippen LogP contribution in [-0.2, 0) is 6.54 Å². The van der Waals surface area contributed by atoms with Crippen molar-refractivity contribution in [3.63, 3.8) is 0 Å². The van der Waals surface area contributed by atoms with Crippen molar-refractivity contribution in [3.05, 3.63) is 76.1 Å². The molecule has 0 unspecified atom stereocenters. The van der Waals surface area contributed by atoms with E-state index in [1.807, 2.05) is 42.5 Å².